The molecule has 0 fully saturated rings. The lowest BCUT2D eigenvalue weighted by molar-refractivity contribution is -0.385. The van der Waals surface area contributed by atoms with Crippen LogP contribution < -0.4 is 9.47 Å². The summed E-state index contributed by atoms with van der Waals surface area (Å²) in [7, 11) is 0. The molecule has 2 aromatic rings. The third-order valence-electron chi connectivity index (χ3n) is 3.57. The fraction of sp³-hybridized carbons (Fsp3) is 0.176. The largest absolute Gasteiger partial charge is 0.486 e. The van der Waals surface area contributed by atoms with Crippen molar-refractivity contribution in [3.63, 3.8) is 0 Å². The van der Waals surface area contributed by atoms with E-state index in [9.17, 15) is 19.7 Å². The van der Waals surface area contributed by atoms with Gasteiger partial charge in [0.1, 0.15) is 18.8 Å². The van der Waals surface area contributed by atoms with E-state index < -0.39 is 29.0 Å². The van der Waals surface area contributed by atoms with Crippen molar-refractivity contribution >= 4 is 29.0 Å². The number of ketones is 1. The fourth-order valence-corrected chi connectivity index (χ4v) is 2.50. The molecule has 0 N–H and O–H groups in total. The van der Waals surface area contributed by atoms with Crippen molar-refractivity contribution in [3.8, 4) is 11.5 Å². The lowest BCUT2D eigenvalue weighted by Crippen LogP contribution is -2.17. The summed E-state index contributed by atoms with van der Waals surface area (Å²) in [4.78, 5) is 34.6. The van der Waals surface area contributed by atoms with Gasteiger partial charge in [-0.05, 0) is 30.3 Å². The Balaban J connectivity index is 1.70. The van der Waals surface area contributed by atoms with Gasteiger partial charge in [0.05, 0.1) is 4.92 Å². The number of nitro benzene ring substituents is 1. The van der Waals surface area contributed by atoms with Crippen LogP contribution in [0.5, 0.6) is 11.5 Å². The molecular weight excluding hydrogens is 366 g/mol. The molecule has 26 heavy (non-hydrogen) atoms. The number of nitrogens with zero attached hydrogens (tertiary/aromatic N) is 1. The van der Waals surface area contributed by atoms with Crippen molar-refractivity contribution < 1.29 is 28.7 Å². The summed E-state index contributed by atoms with van der Waals surface area (Å²) < 4.78 is 15.7. The van der Waals surface area contributed by atoms with Gasteiger partial charge in [0.2, 0.25) is 0 Å². The monoisotopic (exact) mass is 377 g/mol. The molecule has 0 atom stereocenters. The number of carbonyl (C=O) groups excluding carboxylic acids is 2. The number of esters is 1. The van der Waals surface area contributed by atoms with E-state index in [2.05, 4.69) is 0 Å². The van der Waals surface area contributed by atoms with Crippen molar-refractivity contribution in [2.75, 3.05) is 19.8 Å². The summed E-state index contributed by atoms with van der Waals surface area (Å²) in [5.41, 5.74) is -0.503. The Morgan fingerprint density at radius 3 is 2.58 bits per heavy atom. The number of halogens is 1. The number of benzene rings is 2. The normalized spacial score (nSPS) is 12.3. The molecule has 0 aliphatic carbocycles. The quantitative estimate of drug-likeness (QED) is 0.341. The van der Waals surface area contributed by atoms with Crippen LogP contribution in [-0.4, -0.2) is 36.5 Å². The first-order valence-electron chi connectivity index (χ1n) is 7.49. The highest BCUT2D eigenvalue weighted by atomic mass is 35.5. The zero-order chi connectivity index (χ0) is 18.7. The minimum absolute atomic E-state index is 0.112. The first kappa shape index (κ1) is 17.7. The van der Waals surface area contributed by atoms with E-state index in [-0.39, 0.29) is 16.1 Å². The number of rotatable bonds is 5. The van der Waals surface area contributed by atoms with Gasteiger partial charge in [-0.25, -0.2) is 4.79 Å². The summed E-state index contributed by atoms with van der Waals surface area (Å²) >= 11 is 5.70. The molecule has 0 bridgehead atoms. The average molecular weight is 378 g/mol. The van der Waals surface area contributed by atoms with E-state index in [0.29, 0.717) is 24.7 Å². The van der Waals surface area contributed by atoms with Gasteiger partial charge in [-0.15, -0.1) is 0 Å². The third kappa shape index (κ3) is 3.75. The second kappa shape index (κ2) is 7.40. The highest BCUT2D eigenvalue weighted by Gasteiger charge is 2.23. The maximum Gasteiger partial charge on any atom is 0.345 e. The molecule has 3 rings (SSSR count). The predicted molar refractivity (Wildman–Crippen MR) is 90.2 cm³/mol. The van der Waals surface area contributed by atoms with Gasteiger partial charge in [-0.2, -0.15) is 0 Å². The van der Waals surface area contributed by atoms with Crippen molar-refractivity contribution in [2.24, 2.45) is 0 Å². The van der Waals surface area contributed by atoms with Gasteiger partial charge in [0, 0.05) is 16.7 Å². The first-order valence-corrected chi connectivity index (χ1v) is 7.87. The van der Waals surface area contributed by atoms with Crippen LogP contribution in [0.1, 0.15) is 20.7 Å². The Kier molecular flexibility index (Phi) is 5.04. The Morgan fingerprint density at radius 2 is 1.85 bits per heavy atom. The van der Waals surface area contributed by atoms with E-state index in [0.717, 1.165) is 6.07 Å². The Morgan fingerprint density at radius 1 is 1.12 bits per heavy atom. The maximum absolute atomic E-state index is 12.2. The summed E-state index contributed by atoms with van der Waals surface area (Å²) in [5, 5.41) is 11.1. The summed E-state index contributed by atoms with van der Waals surface area (Å²) in [6.45, 7) is 0.232. The average Bonchev–Trinajstić information content (AvgIpc) is 2.65. The van der Waals surface area contributed by atoms with Crippen LogP contribution in [0.15, 0.2) is 36.4 Å². The second-order valence-electron chi connectivity index (χ2n) is 5.28. The van der Waals surface area contributed by atoms with Crippen LogP contribution in [-0.2, 0) is 4.74 Å². The summed E-state index contributed by atoms with van der Waals surface area (Å²) in [6.07, 6.45) is 0. The Labute approximate surface area is 152 Å². The molecule has 0 aromatic heterocycles. The summed E-state index contributed by atoms with van der Waals surface area (Å²) in [5.74, 6) is -0.505. The molecule has 0 saturated carbocycles. The van der Waals surface area contributed by atoms with Gasteiger partial charge < -0.3 is 14.2 Å². The predicted octanol–water partition coefficient (Wildman–Crippen LogP) is 3.06. The molecule has 1 heterocycles. The van der Waals surface area contributed by atoms with Crippen molar-refractivity contribution in [3.05, 3.63) is 62.7 Å². The van der Waals surface area contributed by atoms with Gasteiger partial charge in [-0.1, -0.05) is 11.6 Å². The Hall–Kier alpha value is -3.13. The number of nitro groups is 1. The SMILES string of the molecule is O=C(COC(=O)c1ccc(Cl)cc1[N+](=O)[O-])c1ccc2c(c1)OCCO2. The minimum atomic E-state index is -0.987. The lowest BCUT2D eigenvalue weighted by Gasteiger charge is -2.18. The van der Waals surface area contributed by atoms with Crippen molar-refractivity contribution in [1.82, 2.24) is 0 Å². The number of Topliss-reactive ketones (excluding diaryl/α,β-unsaturated/α-hetero) is 1. The number of carbonyl (C=O) groups is 2. The molecule has 0 unspecified atom stereocenters. The molecule has 0 amide bonds. The smallest absolute Gasteiger partial charge is 0.345 e. The van der Waals surface area contributed by atoms with Gasteiger partial charge in [-0.3, -0.25) is 14.9 Å². The molecular formula is C17H12ClNO7. The molecule has 0 spiro atoms. The van der Waals surface area contributed by atoms with Crippen LogP contribution >= 0.6 is 11.6 Å². The highest BCUT2D eigenvalue weighted by molar-refractivity contribution is 6.31. The highest BCUT2D eigenvalue weighted by Crippen LogP contribution is 2.31. The van der Waals surface area contributed by atoms with Crippen molar-refractivity contribution in [2.45, 2.75) is 0 Å². The zero-order valence-corrected chi connectivity index (χ0v) is 14.0. The van der Waals surface area contributed by atoms with Gasteiger partial charge >= 0.3 is 5.97 Å². The molecule has 9 heteroatoms. The zero-order valence-electron chi connectivity index (χ0n) is 13.3. The molecule has 2 aromatic carbocycles. The first-order chi connectivity index (χ1) is 12.5. The van der Waals surface area contributed by atoms with Crippen LogP contribution in [0.4, 0.5) is 5.69 Å². The molecule has 134 valence electrons. The molecule has 1 aliphatic rings. The van der Waals surface area contributed by atoms with Crippen LogP contribution in [0.3, 0.4) is 0 Å². The second-order valence-corrected chi connectivity index (χ2v) is 5.71. The molecule has 8 nitrogen and oxygen atoms in total. The van der Waals surface area contributed by atoms with E-state index in [1.165, 1.54) is 24.3 Å². The van der Waals surface area contributed by atoms with E-state index in [1.54, 1.807) is 6.07 Å². The fourth-order valence-electron chi connectivity index (χ4n) is 2.34. The lowest BCUT2D eigenvalue weighted by atomic mass is 10.1. The van der Waals surface area contributed by atoms with E-state index >= 15 is 0 Å². The minimum Gasteiger partial charge on any atom is -0.486 e. The third-order valence-corrected chi connectivity index (χ3v) is 3.81. The number of fused-ring (bicyclic) bond motifs is 1. The number of ether oxygens (including phenoxy) is 3. The number of hydrogen-bond donors (Lipinski definition) is 0. The van der Waals surface area contributed by atoms with Crippen LogP contribution in [0.25, 0.3) is 0 Å². The maximum atomic E-state index is 12.2. The van der Waals surface area contributed by atoms with E-state index in [4.69, 9.17) is 25.8 Å². The van der Waals surface area contributed by atoms with Crippen LogP contribution in [0, 0.1) is 10.1 Å². The van der Waals surface area contributed by atoms with Crippen LogP contribution in [0.2, 0.25) is 5.02 Å². The summed E-state index contributed by atoms with van der Waals surface area (Å²) in [6, 6.07) is 8.16. The van der Waals surface area contributed by atoms with Gasteiger partial charge in [0.25, 0.3) is 5.69 Å². The van der Waals surface area contributed by atoms with E-state index in [1.807, 2.05) is 0 Å². The number of hydrogen-bond acceptors (Lipinski definition) is 7. The topological polar surface area (TPSA) is 105 Å². The van der Waals surface area contributed by atoms with Crippen molar-refractivity contribution in [1.29, 1.82) is 0 Å². The standard InChI is InChI=1S/C17H12ClNO7/c18-11-2-3-12(13(8-11)19(22)23)17(21)26-9-14(20)10-1-4-15-16(7-10)25-6-5-24-15/h1-4,7-8H,5-6,9H2. The molecule has 1 aliphatic heterocycles. The molecule has 0 radical (unpaired) electrons. The molecule has 0 saturated heterocycles. The Bertz CT molecular complexity index is 897. The van der Waals surface area contributed by atoms with Gasteiger partial charge in [0.15, 0.2) is 23.9 Å².